The third kappa shape index (κ3) is 2.95. The topological polar surface area (TPSA) is 46.2 Å². The Morgan fingerprint density at radius 1 is 1.23 bits per heavy atom. The summed E-state index contributed by atoms with van der Waals surface area (Å²) in [7, 11) is 0. The standard InChI is InChI=1S/C18H22ClNO2/c1-4-10-20-18(22)15-14(16(19)11(3)5-2)12-8-6-7-9-13(12)17(15)21/h6-9,11,16H,4-5,10H2,1-3H3,(H,20,22). The molecular formula is C18H22ClNO2. The average molecular weight is 320 g/mol. The highest BCUT2D eigenvalue weighted by Crippen LogP contribution is 2.40. The summed E-state index contributed by atoms with van der Waals surface area (Å²) in [4.78, 5) is 25.1. The van der Waals surface area contributed by atoms with Crippen molar-refractivity contribution in [1.29, 1.82) is 0 Å². The van der Waals surface area contributed by atoms with E-state index in [1.165, 1.54) is 0 Å². The number of carbonyl (C=O) groups is 2. The molecule has 1 amide bonds. The van der Waals surface area contributed by atoms with Gasteiger partial charge >= 0.3 is 0 Å². The van der Waals surface area contributed by atoms with Crippen LogP contribution >= 0.6 is 11.6 Å². The van der Waals surface area contributed by atoms with Crippen molar-refractivity contribution in [3.8, 4) is 0 Å². The number of benzene rings is 1. The first-order chi connectivity index (χ1) is 10.5. The van der Waals surface area contributed by atoms with E-state index in [1.54, 1.807) is 6.07 Å². The number of allylic oxidation sites excluding steroid dienone is 1. The van der Waals surface area contributed by atoms with E-state index in [9.17, 15) is 9.59 Å². The highest BCUT2D eigenvalue weighted by Gasteiger charge is 2.37. The van der Waals surface area contributed by atoms with Crippen molar-refractivity contribution in [3.63, 3.8) is 0 Å². The summed E-state index contributed by atoms with van der Waals surface area (Å²) in [6.07, 6.45) is 1.71. The summed E-state index contributed by atoms with van der Waals surface area (Å²) in [6, 6.07) is 7.32. The van der Waals surface area contributed by atoms with Crippen LogP contribution in [0.2, 0.25) is 0 Å². The van der Waals surface area contributed by atoms with Gasteiger partial charge in [-0.25, -0.2) is 0 Å². The van der Waals surface area contributed by atoms with Gasteiger partial charge in [-0.1, -0.05) is 51.5 Å². The lowest BCUT2D eigenvalue weighted by Gasteiger charge is -2.19. The number of hydrogen-bond acceptors (Lipinski definition) is 2. The fraction of sp³-hybridized carbons (Fsp3) is 0.444. The van der Waals surface area contributed by atoms with Gasteiger partial charge in [0.15, 0.2) is 5.78 Å². The van der Waals surface area contributed by atoms with Crippen molar-refractivity contribution in [3.05, 3.63) is 41.0 Å². The van der Waals surface area contributed by atoms with Gasteiger partial charge in [0.2, 0.25) is 0 Å². The quantitative estimate of drug-likeness (QED) is 0.640. The first-order valence-corrected chi connectivity index (χ1v) is 8.27. The van der Waals surface area contributed by atoms with Crippen LogP contribution in [-0.4, -0.2) is 23.6 Å². The van der Waals surface area contributed by atoms with Crippen molar-refractivity contribution in [2.45, 2.75) is 39.0 Å². The van der Waals surface area contributed by atoms with Crippen LogP contribution in [0.1, 0.15) is 49.5 Å². The molecule has 2 rings (SSSR count). The van der Waals surface area contributed by atoms with Gasteiger partial charge in [0.25, 0.3) is 5.91 Å². The largest absolute Gasteiger partial charge is 0.352 e. The van der Waals surface area contributed by atoms with Crippen LogP contribution in [-0.2, 0) is 4.79 Å². The third-order valence-corrected chi connectivity index (χ3v) is 4.79. The Balaban J connectivity index is 2.52. The molecule has 2 unspecified atom stereocenters. The third-order valence-electron chi connectivity index (χ3n) is 4.14. The minimum absolute atomic E-state index is 0.185. The molecule has 1 aliphatic rings. The summed E-state index contributed by atoms with van der Waals surface area (Å²) in [5, 5.41) is 2.46. The molecule has 0 aliphatic heterocycles. The fourth-order valence-electron chi connectivity index (χ4n) is 2.64. The minimum Gasteiger partial charge on any atom is -0.352 e. The van der Waals surface area contributed by atoms with Crippen molar-refractivity contribution < 1.29 is 9.59 Å². The van der Waals surface area contributed by atoms with Crippen LogP contribution in [0.25, 0.3) is 5.57 Å². The Bertz CT molecular complexity index is 621. The van der Waals surface area contributed by atoms with E-state index in [1.807, 2.05) is 32.0 Å². The maximum Gasteiger partial charge on any atom is 0.255 e. The molecule has 0 saturated carbocycles. The molecule has 1 aromatic carbocycles. The zero-order valence-corrected chi connectivity index (χ0v) is 14.0. The predicted molar refractivity (Wildman–Crippen MR) is 90.1 cm³/mol. The van der Waals surface area contributed by atoms with E-state index < -0.39 is 0 Å². The molecule has 0 radical (unpaired) electrons. The molecule has 1 aromatic rings. The Labute approximate surface area is 136 Å². The highest BCUT2D eigenvalue weighted by atomic mass is 35.5. The number of Topliss-reactive ketones (excluding diaryl/α,β-unsaturated/α-hetero) is 1. The minimum atomic E-state index is -0.347. The van der Waals surface area contributed by atoms with Gasteiger partial charge in [-0.2, -0.15) is 0 Å². The second-order valence-electron chi connectivity index (χ2n) is 5.71. The summed E-state index contributed by atoms with van der Waals surface area (Å²) >= 11 is 6.61. The van der Waals surface area contributed by atoms with Gasteiger partial charge in [0, 0.05) is 12.1 Å². The van der Waals surface area contributed by atoms with E-state index in [0.717, 1.165) is 18.4 Å². The van der Waals surface area contributed by atoms with Gasteiger partial charge in [-0.15, -0.1) is 11.6 Å². The van der Waals surface area contributed by atoms with Crippen LogP contribution in [0.5, 0.6) is 0 Å². The predicted octanol–water partition coefficient (Wildman–Crippen LogP) is 3.82. The average Bonchev–Trinajstić information content (AvgIpc) is 2.84. The Hall–Kier alpha value is -1.61. The lowest BCUT2D eigenvalue weighted by Crippen LogP contribution is -2.29. The number of carbonyl (C=O) groups excluding carboxylic acids is 2. The molecule has 22 heavy (non-hydrogen) atoms. The fourth-order valence-corrected chi connectivity index (χ4v) is 3.04. The van der Waals surface area contributed by atoms with E-state index in [0.29, 0.717) is 17.7 Å². The number of fused-ring (bicyclic) bond motifs is 1. The zero-order chi connectivity index (χ0) is 16.3. The molecule has 118 valence electrons. The van der Waals surface area contributed by atoms with Gasteiger partial charge in [0.05, 0.1) is 11.0 Å². The zero-order valence-electron chi connectivity index (χ0n) is 13.3. The Morgan fingerprint density at radius 2 is 1.86 bits per heavy atom. The molecule has 0 aromatic heterocycles. The Morgan fingerprint density at radius 3 is 2.45 bits per heavy atom. The van der Waals surface area contributed by atoms with Crippen molar-refractivity contribution >= 4 is 28.9 Å². The smallest absolute Gasteiger partial charge is 0.255 e. The number of alkyl halides is 1. The molecule has 0 saturated heterocycles. The van der Waals surface area contributed by atoms with Crippen molar-refractivity contribution in [1.82, 2.24) is 5.32 Å². The Kier molecular flexibility index (Phi) is 5.41. The summed E-state index contributed by atoms with van der Waals surface area (Å²) < 4.78 is 0. The van der Waals surface area contributed by atoms with Crippen LogP contribution in [0.4, 0.5) is 0 Å². The summed E-state index contributed by atoms with van der Waals surface area (Å²) in [6.45, 7) is 6.62. The first kappa shape index (κ1) is 16.8. The maximum absolute atomic E-state index is 12.6. The lowest BCUT2D eigenvalue weighted by molar-refractivity contribution is -0.117. The van der Waals surface area contributed by atoms with E-state index >= 15 is 0 Å². The molecule has 3 nitrogen and oxygen atoms in total. The SMILES string of the molecule is CCCNC(=O)C1=C(C(Cl)C(C)CC)c2ccccc2C1=O. The van der Waals surface area contributed by atoms with Gasteiger partial charge in [0.1, 0.15) is 0 Å². The lowest BCUT2D eigenvalue weighted by atomic mass is 9.92. The van der Waals surface area contributed by atoms with E-state index in [2.05, 4.69) is 12.2 Å². The summed E-state index contributed by atoms with van der Waals surface area (Å²) in [5.41, 5.74) is 2.28. The van der Waals surface area contributed by atoms with Gasteiger partial charge < -0.3 is 5.32 Å². The van der Waals surface area contributed by atoms with E-state index in [4.69, 9.17) is 11.6 Å². The monoisotopic (exact) mass is 319 g/mol. The van der Waals surface area contributed by atoms with Crippen LogP contribution in [0.15, 0.2) is 29.8 Å². The highest BCUT2D eigenvalue weighted by molar-refractivity contribution is 6.39. The molecule has 0 spiro atoms. The second kappa shape index (κ2) is 7.10. The van der Waals surface area contributed by atoms with Crippen LogP contribution in [0.3, 0.4) is 0 Å². The van der Waals surface area contributed by atoms with Gasteiger partial charge in [-0.05, 0) is 23.5 Å². The molecular weight excluding hydrogens is 298 g/mol. The number of rotatable bonds is 6. The first-order valence-electron chi connectivity index (χ1n) is 7.83. The maximum atomic E-state index is 12.6. The number of hydrogen-bond donors (Lipinski definition) is 1. The molecule has 0 fully saturated rings. The number of halogens is 1. The normalized spacial score (nSPS) is 16.5. The van der Waals surface area contributed by atoms with Crippen LogP contribution < -0.4 is 5.32 Å². The molecule has 0 heterocycles. The van der Waals surface area contributed by atoms with E-state index in [-0.39, 0.29) is 28.6 Å². The number of ketones is 1. The van der Waals surface area contributed by atoms with Crippen LogP contribution in [0, 0.1) is 5.92 Å². The second-order valence-corrected chi connectivity index (χ2v) is 6.18. The van der Waals surface area contributed by atoms with Gasteiger partial charge in [-0.3, -0.25) is 9.59 Å². The van der Waals surface area contributed by atoms with Crippen molar-refractivity contribution in [2.75, 3.05) is 6.54 Å². The molecule has 0 bridgehead atoms. The number of nitrogens with one attached hydrogen (secondary N) is 1. The molecule has 2 atom stereocenters. The molecule has 1 aliphatic carbocycles. The molecule has 1 N–H and O–H groups in total. The number of amides is 1. The molecule has 4 heteroatoms. The van der Waals surface area contributed by atoms with Crippen molar-refractivity contribution in [2.24, 2.45) is 5.92 Å². The summed E-state index contributed by atoms with van der Waals surface area (Å²) in [5.74, 6) is -0.343.